The summed E-state index contributed by atoms with van der Waals surface area (Å²) in [6, 6.07) is 39.5. The third-order valence-electron chi connectivity index (χ3n) is 7.47. The van der Waals surface area contributed by atoms with E-state index in [-0.39, 0.29) is 0 Å². The van der Waals surface area contributed by atoms with Crippen molar-refractivity contribution in [2.45, 2.75) is 0 Å². The maximum absolute atomic E-state index is 4.64. The molecule has 0 aliphatic rings. The van der Waals surface area contributed by atoms with Crippen molar-refractivity contribution in [3.05, 3.63) is 122 Å². The Morgan fingerprint density at radius 3 is 1.42 bits per heavy atom. The molecule has 8 aromatic rings. The molecule has 166 valence electrons. The lowest BCUT2D eigenvalue weighted by atomic mass is 9.86. The number of rotatable bonds is 2. The van der Waals surface area contributed by atoms with Crippen LogP contribution in [-0.4, -0.2) is 9.97 Å². The minimum Gasteiger partial charge on any atom is -0.237 e. The van der Waals surface area contributed by atoms with E-state index >= 15 is 0 Å². The van der Waals surface area contributed by atoms with Crippen molar-refractivity contribution in [1.29, 1.82) is 0 Å². The highest BCUT2D eigenvalue weighted by Crippen LogP contribution is 2.44. The van der Waals surface area contributed by atoms with Gasteiger partial charge in [0.2, 0.25) is 0 Å². The van der Waals surface area contributed by atoms with E-state index < -0.39 is 0 Å². The molecule has 0 N–H and O–H groups in total. The number of aromatic nitrogens is 2. The van der Waals surface area contributed by atoms with Crippen LogP contribution in [0.2, 0.25) is 0 Å². The molecule has 0 atom stereocenters. The molecule has 36 heavy (non-hydrogen) atoms. The molecule has 2 heteroatoms. The molecule has 0 aliphatic carbocycles. The van der Waals surface area contributed by atoms with E-state index in [0.717, 1.165) is 11.4 Å². The highest BCUT2D eigenvalue weighted by atomic mass is 14.9. The Hall–Kier alpha value is -4.82. The van der Waals surface area contributed by atoms with Gasteiger partial charge < -0.3 is 0 Å². The predicted molar refractivity (Wildman–Crippen MR) is 152 cm³/mol. The fraction of sp³-hybridized carbons (Fsp3) is 0. The SMILES string of the molecule is c1cnc(-c2c3ccccc3c(-c3cc4ccc5cccc6ccc(c3)c4c56)c3ccccc23)nc1. The van der Waals surface area contributed by atoms with Crippen molar-refractivity contribution in [1.82, 2.24) is 9.97 Å². The molecular formula is C34H20N2. The average molecular weight is 457 g/mol. The summed E-state index contributed by atoms with van der Waals surface area (Å²) in [4.78, 5) is 9.27. The monoisotopic (exact) mass is 456 g/mol. The van der Waals surface area contributed by atoms with E-state index in [2.05, 4.69) is 113 Å². The zero-order valence-corrected chi connectivity index (χ0v) is 19.4. The van der Waals surface area contributed by atoms with Crippen LogP contribution in [0.1, 0.15) is 0 Å². The molecule has 8 rings (SSSR count). The van der Waals surface area contributed by atoms with Crippen LogP contribution in [0.25, 0.3) is 76.4 Å². The third kappa shape index (κ3) is 2.67. The second-order valence-corrected chi connectivity index (χ2v) is 9.42. The lowest BCUT2D eigenvalue weighted by Gasteiger charge is -2.18. The smallest absolute Gasteiger partial charge is 0.160 e. The van der Waals surface area contributed by atoms with Crippen molar-refractivity contribution < 1.29 is 0 Å². The molecule has 1 heterocycles. The molecule has 0 radical (unpaired) electrons. The predicted octanol–water partition coefficient (Wildman–Crippen LogP) is 9.01. The normalized spacial score (nSPS) is 11.9. The lowest BCUT2D eigenvalue weighted by molar-refractivity contribution is 1.18. The maximum Gasteiger partial charge on any atom is 0.160 e. The summed E-state index contributed by atoms with van der Waals surface area (Å²) >= 11 is 0. The van der Waals surface area contributed by atoms with E-state index in [1.807, 2.05) is 18.5 Å². The summed E-state index contributed by atoms with van der Waals surface area (Å²) in [6.07, 6.45) is 3.64. The number of nitrogens with zero attached hydrogens (tertiary/aromatic N) is 2. The Morgan fingerprint density at radius 1 is 0.389 bits per heavy atom. The van der Waals surface area contributed by atoms with E-state index in [1.54, 1.807) is 0 Å². The summed E-state index contributed by atoms with van der Waals surface area (Å²) < 4.78 is 0. The Morgan fingerprint density at radius 2 is 0.861 bits per heavy atom. The Labute approximate surface area is 207 Å². The number of fused-ring (bicyclic) bond motifs is 2. The summed E-state index contributed by atoms with van der Waals surface area (Å²) in [5.41, 5.74) is 3.57. The highest BCUT2D eigenvalue weighted by molar-refractivity contribution is 6.26. The standard InChI is InChI=1S/C34H20N2/c1-3-11-28-26(9-1)32(27-10-2-4-12-29(27)33(28)34-35-17-6-18-36-34)25-19-23-15-13-21-7-5-8-22-14-16-24(20-25)31(23)30(21)22/h1-20H. The summed E-state index contributed by atoms with van der Waals surface area (Å²) in [7, 11) is 0. The largest absolute Gasteiger partial charge is 0.237 e. The highest BCUT2D eigenvalue weighted by Gasteiger charge is 2.18. The Kier molecular flexibility index (Phi) is 3.97. The molecule has 0 saturated heterocycles. The van der Waals surface area contributed by atoms with Gasteiger partial charge in [-0.2, -0.15) is 0 Å². The van der Waals surface area contributed by atoms with E-state index in [9.17, 15) is 0 Å². The van der Waals surface area contributed by atoms with Gasteiger partial charge in [-0.1, -0.05) is 91.0 Å². The summed E-state index contributed by atoms with van der Waals surface area (Å²) in [5.74, 6) is 0.756. The lowest BCUT2D eigenvalue weighted by Crippen LogP contribution is -1.94. The minimum absolute atomic E-state index is 0.756. The number of hydrogen-bond acceptors (Lipinski definition) is 2. The fourth-order valence-electron chi connectivity index (χ4n) is 6.01. The first kappa shape index (κ1) is 19.5. The number of hydrogen-bond donors (Lipinski definition) is 0. The molecule has 0 spiro atoms. The zero-order valence-electron chi connectivity index (χ0n) is 19.4. The van der Waals surface area contributed by atoms with Crippen molar-refractivity contribution in [2.75, 3.05) is 0 Å². The molecule has 0 saturated carbocycles. The van der Waals surface area contributed by atoms with Crippen LogP contribution >= 0.6 is 0 Å². The van der Waals surface area contributed by atoms with E-state index in [0.29, 0.717) is 0 Å². The molecule has 0 unspecified atom stereocenters. The molecule has 0 aliphatic heterocycles. The second-order valence-electron chi connectivity index (χ2n) is 9.42. The van der Waals surface area contributed by atoms with Crippen LogP contribution in [0.5, 0.6) is 0 Å². The third-order valence-corrected chi connectivity index (χ3v) is 7.47. The van der Waals surface area contributed by atoms with Crippen LogP contribution in [-0.2, 0) is 0 Å². The van der Waals surface area contributed by atoms with Gasteiger partial charge in [0.1, 0.15) is 0 Å². The first-order valence-corrected chi connectivity index (χ1v) is 12.3. The van der Waals surface area contributed by atoms with Gasteiger partial charge in [-0.3, -0.25) is 0 Å². The first-order chi connectivity index (χ1) is 17.9. The van der Waals surface area contributed by atoms with Gasteiger partial charge in [0.05, 0.1) is 0 Å². The van der Waals surface area contributed by atoms with Crippen LogP contribution < -0.4 is 0 Å². The average Bonchev–Trinajstić information content (AvgIpc) is 2.95. The molecule has 2 nitrogen and oxygen atoms in total. The van der Waals surface area contributed by atoms with Gasteiger partial charge in [-0.25, -0.2) is 9.97 Å². The van der Waals surface area contributed by atoms with Gasteiger partial charge in [0, 0.05) is 18.0 Å². The number of benzene rings is 7. The van der Waals surface area contributed by atoms with Crippen molar-refractivity contribution in [2.24, 2.45) is 0 Å². The fourth-order valence-corrected chi connectivity index (χ4v) is 6.01. The second kappa shape index (κ2) is 7.34. The molecular weight excluding hydrogens is 436 g/mol. The van der Waals surface area contributed by atoms with Crippen LogP contribution in [0, 0.1) is 0 Å². The Balaban J connectivity index is 1.53. The molecule has 0 bridgehead atoms. The molecule has 0 fully saturated rings. The van der Waals surface area contributed by atoms with E-state index in [4.69, 9.17) is 0 Å². The van der Waals surface area contributed by atoms with Crippen molar-refractivity contribution in [3.8, 4) is 22.5 Å². The zero-order chi connectivity index (χ0) is 23.6. The molecule has 7 aromatic carbocycles. The summed E-state index contributed by atoms with van der Waals surface area (Å²) in [5, 5.41) is 12.6. The Bertz CT molecular complexity index is 1970. The maximum atomic E-state index is 4.64. The topological polar surface area (TPSA) is 25.8 Å². The quantitative estimate of drug-likeness (QED) is 0.192. The first-order valence-electron chi connectivity index (χ1n) is 12.3. The van der Waals surface area contributed by atoms with Crippen molar-refractivity contribution in [3.63, 3.8) is 0 Å². The van der Waals surface area contributed by atoms with Crippen molar-refractivity contribution >= 4 is 53.9 Å². The summed E-state index contributed by atoms with van der Waals surface area (Å²) in [6.45, 7) is 0. The van der Waals surface area contributed by atoms with E-state index in [1.165, 1.54) is 65.0 Å². The van der Waals surface area contributed by atoms with Gasteiger partial charge in [-0.15, -0.1) is 0 Å². The van der Waals surface area contributed by atoms with Crippen LogP contribution in [0.4, 0.5) is 0 Å². The van der Waals surface area contributed by atoms with Gasteiger partial charge in [0.15, 0.2) is 5.82 Å². The molecule has 0 amide bonds. The van der Waals surface area contributed by atoms with Gasteiger partial charge in [-0.05, 0) is 83.2 Å². The minimum atomic E-state index is 0.756. The van der Waals surface area contributed by atoms with Crippen LogP contribution in [0.3, 0.4) is 0 Å². The van der Waals surface area contributed by atoms with Crippen LogP contribution in [0.15, 0.2) is 122 Å². The van der Waals surface area contributed by atoms with Gasteiger partial charge >= 0.3 is 0 Å². The molecule has 1 aromatic heterocycles. The van der Waals surface area contributed by atoms with Gasteiger partial charge in [0.25, 0.3) is 0 Å².